The minimum atomic E-state index is -4.95. The van der Waals surface area contributed by atoms with Crippen molar-refractivity contribution in [3.8, 4) is 0 Å². The summed E-state index contributed by atoms with van der Waals surface area (Å²) in [5.74, 6) is 0.803. The van der Waals surface area contributed by atoms with Gasteiger partial charge in [-0.25, -0.2) is 9.13 Å². The number of esters is 4. The number of rotatable bonds is 66. The highest BCUT2D eigenvalue weighted by molar-refractivity contribution is 7.47. The van der Waals surface area contributed by atoms with Gasteiger partial charge < -0.3 is 33.8 Å². The van der Waals surface area contributed by atoms with Crippen LogP contribution >= 0.6 is 15.6 Å². The summed E-state index contributed by atoms with van der Waals surface area (Å²) >= 11 is 0. The van der Waals surface area contributed by atoms with Gasteiger partial charge in [-0.15, -0.1) is 0 Å². The number of ether oxygens (including phenoxy) is 4. The molecule has 0 rings (SSSR count). The van der Waals surface area contributed by atoms with Crippen molar-refractivity contribution in [2.24, 2.45) is 23.7 Å². The van der Waals surface area contributed by atoms with Crippen LogP contribution in [-0.2, 0) is 65.4 Å². The van der Waals surface area contributed by atoms with Crippen molar-refractivity contribution in [2.75, 3.05) is 39.6 Å². The average Bonchev–Trinajstić information content (AvgIpc) is 3.58. The highest BCUT2D eigenvalue weighted by Crippen LogP contribution is 2.45. The van der Waals surface area contributed by atoms with Crippen LogP contribution in [0.25, 0.3) is 0 Å². The molecule has 4 unspecified atom stereocenters. The molecule has 0 aliphatic carbocycles. The molecule has 3 N–H and O–H groups in total. The van der Waals surface area contributed by atoms with Gasteiger partial charge in [-0.1, -0.05) is 287 Å². The highest BCUT2D eigenvalue weighted by Gasteiger charge is 2.30. The van der Waals surface area contributed by atoms with Crippen molar-refractivity contribution in [3.05, 3.63) is 0 Å². The Morgan fingerprint density at radius 1 is 0.318 bits per heavy atom. The zero-order valence-electron chi connectivity index (χ0n) is 57.3. The Morgan fingerprint density at radius 2 is 0.545 bits per heavy atom. The first-order valence-electron chi connectivity index (χ1n) is 35.8. The van der Waals surface area contributed by atoms with Gasteiger partial charge in [-0.05, 0) is 49.4 Å². The van der Waals surface area contributed by atoms with Crippen LogP contribution in [0.1, 0.15) is 338 Å². The van der Waals surface area contributed by atoms with E-state index in [0.29, 0.717) is 31.6 Å². The average molecular weight is 1300 g/mol. The van der Waals surface area contributed by atoms with Crippen LogP contribution in [0.15, 0.2) is 0 Å². The first-order chi connectivity index (χ1) is 42.2. The predicted octanol–water partition coefficient (Wildman–Crippen LogP) is 19.3. The Kier molecular flexibility index (Phi) is 57.6. The van der Waals surface area contributed by atoms with Crippen molar-refractivity contribution in [2.45, 2.75) is 356 Å². The van der Waals surface area contributed by atoms with E-state index in [1.807, 2.05) is 0 Å². The third kappa shape index (κ3) is 60.3. The molecule has 0 bridgehead atoms. The fourth-order valence-corrected chi connectivity index (χ4v) is 11.8. The Bertz CT molecular complexity index is 1750. The van der Waals surface area contributed by atoms with E-state index in [1.54, 1.807) is 0 Å². The number of hydrogen-bond acceptors (Lipinski definition) is 15. The van der Waals surface area contributed by atoms with Crippen LogP contribution in [0.3, 0.4) is 0 Å². The lowest BCUT2D eigenvalue weighted by atomic mass is 10.00. The molecule has 0 aromatic rings. The Hall–Kier alpha value is -1.94. The lowest BCUT2D eigenvalue weighted by molar-refractivity contribution is -0.161. The molecule has 0 aromatic carbocycles. The van der Waals surface area contributed by atoms with Crippen molar-refractivity contribution in [1.82, 2.24) is 0 Å². The maximum absolute atomic E-state index is 13.0. The summed E-state index contributed by atoms with van der Waals surface area (Å²) in [5.41, 5.74) is 0. The van der Waals surface area contributed by atoms with Crippen LogP contribution in [0, 0.1) is 23.7 Å². The molecule has 0 fully saturated rings. The molecule has 0 aliphatic heterocycles. The molecule has 0 saturated heterocycles. The normalized spacial score (nSPS) is 14.9. The monoisotopic (exact) mass is 1300 g/mol. The second-order valence-electron chi connectivity index (χ2n) is 26.4. The molecular formula is C69H134O17P2. The lowest BCUT2D eigenvalue weighted by Crippen LogP contribution is -2.30. The van der Waals surface area contributed by atoms with Gasteiger partial charge in [0.05, 0.1) is 26.4 Å². The first-order valence-corrected chi connectivity index (χ1v) is 38.8. The van der Waals surface area contributed by atoms with Gasteiger partial charge in [-0.3, -0.25) is 37.3 Å². The fourth-order valence-electron chi connectivity index (χ4n) is 10.2. The summed E-state index contributed by atoms with van der Waals surface area (Å²) in [6, 6.07) is 0. The van der Waals surface area contributed by atoms with E-state index >= 15 is 0 Å². The summed E-state index contributed by atoms with van der Waals surface area (Å²) in [7, 11) is -9.90. The number of carbonyl (C=O) groups excluding carboxylic acids is 4. The molecule has 522 valence electrons. The van der Waals surface area contributed by atoms with Gasteiger partial charge in [0.1, 0.15) is 19.3 Å². The van der Waals surface area contributed by atoms with E-state index in [0.717, 1.165) is 120 Å². The molecular weight excluding hydrogens is 1160 g/mol. The van der Waals surface area contributed by atoms with E-state index in [2.05, 4.69) is 55.4 Å². The number of unbranched alkanes of at least 4 members (excludes halogenated alkanes) is 30. The Morgan fingerprint density at radius 3 is 0.807 bits per heavy atom. The second-order valence-corrected chi connectivity index (χ2v) is 29.3. The Labute approximate surface area is 537 Å². The number of phosphoric ester groups is 2. The standard InChI is InChI=1S/C69H134O17P2/c1-9-61(7)47-39-31-24-27-33-41-49-66(71)79-55-64(85-68(73)51-43-35-22-20-18-16-14-12-11-13-15-17-19-21-29-37-45-59(3)4)57-83-87(75,76)81-53-63(70)54-82-88(77,78)84-58-65(86-69(74)52-44-36-26-23-30-38-46-60(5)6)56-80-67(72)50-42-34-28-25-32-40-48-62(8)10-2/h59-65,70H,9-58H2,1-8H3,(H,75,76)(H,77,78)/t61?,62?,63-,64+,65+/m0/s1. The molecule has 17 nitrogen and oxygen atoms in total. The third-order valence-electron chi connectivity index (χ3n) is 16.5. The summed E-state index contributed by atoms with van der Waals surface area (Å²) in [4.78, 5) is 72.4. The van der Waals surface area contributed by atoms with E-state index in [4.69, 9.17) is 37.0 Å². The molecule has 0 amide bonds. The van der Waals surface area contributed by atoms with Gasteiger partial charge in [0.25, 0.3) is 0 Å². The number of phosphoric acid groups is 2. The van der Waals surface area contributed by atoms with Crippen molar-refractivity contribution in [3.63, 3.8) is 0 Å². The van der Waals surface area contributed by atoms with Crippen LogP contribution in [-0.4, -0.2) is 96.7 Å². The molecule has 0 heterocycles. The van der Waals surface area contributed by atoms with Crippen molar-refractivity contribution in [1.29, 1.82) is 0 Å². The number of aliphatic hydroxyl groups is 1. The zero-order chi connectivity index (χ0) is 65.4. The SMILES string of the molecule is CCC(C)CCCCCCCCC(=O)OC[C@H](COP(=O)(O)OC[C@H](O)COP(=O)(O)OC[C@@H](COC(=O)CCCCCCCCC(C)CC)OC(=O)CCCCCCCCC(C)C)OC(=O)CCCCCCCCCCCCCCCCCCC(C)C. The lowest BCUT2D eigenvalue weighted by Gasteiger charge is -2.21. The van der Waals surface area contributed by atoms with E-state index in [-0.39, 0.29) is 25.7 Å². The molecule has 0 aliphatic rings. The van der Waals surface area contributed by atoms with Crippen molar-refractivity contribution < 1.29 is 80.2 Å². The smallest absolute Gasteiger partial charge is 0.462 e. The van der Waals surface area contributed by atoms with Gasteiger partial charge in [0.2, 0.25) is 0 Å². The summed E-state index contributed by atoms with van der Waals surface area (Å²) in [6.07, 6.45) is 40.6. The molecule has 7 atom stereocenters. The highest BCUT2D eigenvalue weighted by atomic mass is 31.2. The van der Waals surface area contributed by atoms with Crippen LogP contribution < -0.4 is 0 Å². The molecule has 0 aromatic heterocycles. The van der Waals surface area contributed by atoms with E-state index in [1.165, 1.54) is 128 Å². The van der Waals surface area contributed by atoms with Gasteiger partial charge in [-0.2, -0.15) is 0 Å². The zero-order valence-corrected chi connectivity index (χ0v) is 59.1. The van der Waals surface area contributed by atoms with Crippen LogP contribution in [0.4, 0.5) is 0 Å². The molecule has 0 saturated carbocycles. The minimum absolute atomic E-state index is 0.101. The van der Waals surface area contributed by atoms with E-state index in [9.17, 15) is 43.2 Å². The third-order valence-corrected chi connectivity index (χ3v) is 18.4. The predicted molar refractivity (Wildman–Crippen MR) is 354 cm³/mol. The molecule has 0 radical (unpaired) electrons. The Balaban J connectivity index is 5.19. The largest absolute Gasteiger partial charge is 0.472 e. The summed E-state index contributed by atoms with van der Waals surface area (Å²) < 4.78 is 68.1. The van der Waals surface area contributed by atoms with Crippen molar-refractivity contribution >= 4 is 39.5 Å². The van der Waals surface area contributed by atoms with E-state index < -0.39 is 97.5 Å². The second kappa shape index (κ2) is 58.8. The number of carbonyl (C=O) groups is 4. The van der Waals surface area contributed by atoms with Gasteiger partial charge in [0.15, 0.2) is 12.2 Å². The summed E-state index contributed by atoms with van der Waals surface area (Å²) in [5, 5.41) is 10.6. The van der Waals surface area contributed by atoms with Crippen LogP contribution in [0.5, 0.6) is 0 Å². The van der Waals surface area contributed by atoms with Gasteiger partial charge >= 0.3 is 39.5 Å². The van der Waals surface area contributed by atoms with Crippen LogP contribution in [0.2, 0.25) is 0 Å². The number of hydrogen-bond donors (Lipinski definition) is 3. The molecule has 88 heavy (non-hydrogen) atoms. The quantitative estimate of drug-likeness (QED) is 0.0222. The maximum Gasteiger partial charge on any atom is 0.472 e. The fraction of sp³-hybridized carbons (Fsp3) is 0.942. The summed E-state index contributed by atoms with van der Waals surface area (Å²) in [6.45, 7) is 14.0. The molecule has 19 heteroatoms. The maximum atomic E-state index is 13.0. The topological polar surface area (TPSA) is 237 Å². The van der Waals surface area contributed by atoms with Gasteiger partial charge in [0, 0.05) is 25.7 Å². The first kappa shape index (κ1) is 86.1. The number of aliphatic hydroxyl groups excluding tert-OH is 1. The minimum Gasteiger partial charge on any atom is -0.462 e. The molecule has 0 spiro atoms.